The summed E-state index contributed by atoms with van der Waals surface area (Å²) in [5.41, 5.74) is -0.333. The number of carbonyl (C=O) groups excluding carboxylic acids is 1. The smallest absolute Gasteiger partial charge is 0.320 e. The number of alkyl halides is 2. The maximum atomic E-state index is 14.0. The summed E-state index contributed by atoms with van der Waals surface area (Å²) < 4.78 is 29.5. The van der Waals surface area contributed by atoms with Gasteiger partial charge in [0.05, 0.1) is 16.6 Å². The van der Waals surface area contributed by atoms with Crippen LogP contribution >= 0.6 is 23.2 Å². The fourth-order valence-corrected chi connectivity index (χ4v) is 1.96. The Bertz CT molecular complexity index is 690. The molecule has 2 rings (SSSR count). The maximum absolute atomic E-state index is 14.0. The molecule has 2 amide bonds. The molecule has 0 spiro atoms. The van der Waals surface area contributed by atoms with Gasteiger partial charge in [-0.2, -0.15) is 13.9 Å². The van der Waals surface area contributed by atoms with Crippen LogP contribution in [-0.4, -0.2) is 22.4 Å². The molecule has 0 aliphatic heterocycles. The van der Waals surface area contributed by atoms with Crippen LogP contribution in [0.3, 0.4) is 0 Å². The van der Waals surface area contributed by atoms with Crippen molar-refractivity contribution >= 4 is 35.1 Å². The molecule has 1 heterocycles. The minimum absolute atomic E-state index is 0.0248. The summed E-state index contributed by atoms with van der Waals surface area (Å²) in [6, 6.07) is 4.27. The first kappa shape index (κ1) is 16.5. The van der Waals surface area contributed by atoms with E-state index in [4.69, 9.17) is 23.2 Å². The van der Waals surface area contributed by atoms with Crippen LogP contribution in [0.2, 0.25) is 10.0 Å². The quantitative estimate of drug-likeness (QED) is 0.885. The van der Waals surface area contributed by atoms with Gasteiger partial charge in [0, 0.05) is 24.9 Å². The number of rotatable bonds is 4. The number of hydrogen-bond donors (Lipinski definition) is 2. The number of amides is 2. The van der Waals surface area contributed by atoms with Crippen molar-refractivity contribution in [2.45, 2.75) is 5.92 Å². The highest BCUT2D eigenvalue weighted by atomic mass is 35.5. The van der Waals surface area contributed by atoms with E-state index in [1.165, 1.54) is 16.8 Å². The van der Waals surface area contributed by atoms with E-state index in [0.29, 0.717) is 0 Å². The molecular formula is C13H12Cl2F2N4O. The summed E-state index contributed by atoms with van der Waals surface area (Å²) in [4.78, 5) is 11.6. The van der Waals surface area contributed by atoms with Gasteiger partial charge in [0.15, 0.2) is 5.82 Å². The molecule has 0 atom stereocenters. The molecule has 0 saturated heterocycles. The number of anilines is 1. The number of nitrogens with zero attached hydrogens (tertiary/aromatic N) is 2. The van der Waals surface area contributed by atoms with E-state index < -0.39 is 18.5 Å². The van der Waals surface area contributed by atoms with Gasteiger partial charge in [0.25, 0.3) is 5.92 Å². The monoisotopic (exact) mass is 348 g/mol. The van der Waals surface area contributed by atoms with Gasteiger partial charge in [-0.15, -0.1) is 0 Å². The fraction of sp³-hybridized carbons (Fsp3) is 0.231. The highest BCUT2D eigenvalue weighted by Gasteiger charge is 2.32. The third kappa shape index (κ3) is 4.08. The van der Waals surface area contributed by atoms with Gasteiger partial charge in [-0.1, -0.05) is 29.3 Å². The molecule has 0 saturated carbocycles. The maximum Gasteiger partial charge on any atom is 0.320 e. The Morgan fingerprint density at radius 2 is 2.05 bits per heavy atom. The molecule has 118 valence electrons. The molecule has 0 radical (unpaired) electrons. The SMILES string of the molecule is Cn1ccc(NC(=O)NCC(F)(F)c2ccc(Cl)c(Cl)c2)n1. The average molecular weight is 349 g/mol. The first-order valence-electron chi connectivity index (χ1n) is 6.16. The van der Waals surface area contributed by atoms with E-state index in [0.717, 1.165) is 12.1 Å². The molecular weight excluding hydrogens is 337 g/mol. The Kier molecular flexibility index (Phi) is 4.87. The largest absolute Gasteiger partial charge is 0.331 e. The zero-order valence-electron chi connectivity index (χ0n) is 11.4. The Labute approximate surface area is 135 Å². The second-order valence-corrected chi connectivity index (χ2v) is 5.33. The number of hydrogen-bond acceptors (Lipinski definition) is 2. The third-order valence-corrected chi connectivity index (χ3v) is 3.51. The van der Waals surface area contributed by atoms with Crippen molar-refractivity contribution in [3.8, 4) is 0 Å². The van der Waals surface area contributed by atoms with Gasteiger partial charge >= 0.3 is 6.03 Å². The van der Waals surface area contributed by atoms with Crippen molar-refractivity contribution in [2.75, 3.05) is 11.9 Å². The van der Waals surface area contributed by atoms with E-state index in [1.807, 2.05) is 0 Å². The Morgan fingerprint density at radius 3 is 2.64 bits per heavy atom. The molecule has 1 aromatic carbocycles. The molecule has 2 N–H and O–H groups in total. The highest BCUT2D eigenvalue weighted by molar-refractivity contribution is 6.42. The topological polar surface area (TPSA) is 59.0 Å². The van der Waals surface area contributed by atoms with Crippen LogP contribution in [0.15, 0.2) is 30.5 Å². The zero-order valence-corrected chi connectivity index (χ0v) is 12.9. The van der Waals surface area contributed by atoms with E-state index in [9.17, 15) is 13.6 Å². The molecule has 22 heavy (non-hydrogen) atoms. The molecule has 2 aromatic rings. The van der Waals surface area contributed by atoms with Crippen LogP contribution in [0.5, 0.6) is 0 Å². The van der Waals surface area contributed by atoms with Crippen LogP contribution in [0.25, 0.3) is 0 Å². The zero-order chi connectivity index (χ0) is 16.3. The first-order valence-corrected chi connectivity index (χ1v) is 6.91. The van der Waals surface area contributed by atoms with Crippen LogP contribution in [0, 0.1) is 0 Å². The number of urea groups is 1. The van der Waals surface area contributed by atoms with Gasteiger partial charge in [0.1, 0.15) is 0 Å². The summed E-state index contributed by atoms with van der Waals surface area (Å²) in [7, 11) is 1.67. The second kappa shape index (κ2) is 6.50. The Balaban J connectivity index is 1.96. The second-order valence-electron chi connectivity index (χ2n) is 4.52. The Hall–Kier alpha value is -1.86. The lowest BCUT2D eigenvalue weighted by Gasteiger charge is -2.18. The first-order chi connectivity index (χ1) is 10.3. The van der Waals surface area contributed by atoms with Crippen LogP contribution in [-0.2, 0) is 13.0 Å². The van der Waals surface area contributed by atoms with E-state index in [1.54, 1.807) is 13.2 Å². The molecule has 9 heteroatoms. The van der Waals surface area contributed by atoms with Crippen LogP contribution in [0.1, 0.15) is 5.56 Å². The summed E-state index contributed by atoms with van der Waals surface area (Å²) in [5.74, 6) is -3.02. The van der Waals surface area contributed by atoms with Gasteiger partial charge in [-0.3, -0.25) is 10.00 Å². The number of aryl methyl sites for hydroxylation is 1. The van der Waals surface area contributed by atoms with Gasteiger partial charge in [0.2, 0.25) is 0 Å². The molecule has 5 nitrogen and oxygen atoms in total. The molecule has 0 unspecified atom stereocenters. The molecule has 0 aliphatic rings. The minimum atomic E-state index is -3.28. The molecule has 0 aliphatic carbocycles. The summed E-state index contributed by atoms with van der Waals surface area (Å²) >= 11 is 11.4. The van der Waals surface area contributed by atoms with Crippen molar-refractivity contribution in [1.29, 1.82) is 0 Å². The average Bonchev–Trinajstić information content (AvgIpc) is 2.85. The summed E-state index contributed by atoms with van der Waals surface area (Å²) in [6.45, 7) is -0.885. The summed E-state index contributed by atoms with van der Waals surface area (Å²) in [6.07, 6.45) is 1.61. The number of halogens is 4. The normalized spacial score (nSPS) is 11.3. The molecule has 0 fully saturated rings. The predicted molar refractivity (Wildman–Crippen MR) is 80.6 cm³/mol. The minimum Gasteiger partial charge on any atom is -0.331 e. The molecule has 0 bridgehead atoms. The van der Waals surface area contributed by atoms with Crippen molar-refractivity contribution < 1.29 is 13.6 Å². The number of nitrogens with one attached hydrogen (secondary N) is 2. The van der Waals surface area contributed by atoms with Gasteiger partial charge in [-0.05, 0) is 12.1 Å². The summed E-state index contributed by atoms with van der Waals surface area (Å²) in [5, 5.41) is 8.54. The lowest BCUT2D eigenvalue weighted by molar-refractivity contribution is -0.0000766. The molecule has 1 aromatic heterocycles. The number of benzene rings is 1. The van der Waals surface area contributed by atoms with Crippen LogP contribution in [0.4, 0.5) is 19.4 Å². The van der Waals surface area contributed by atoms with E-state index in [-0.39, 0.29) is 21.4 Å². The number of carbonyl (C=O) groups is 1. The van der Waals surface area contributed by atoms with E-state index >= 15 is 0 Å². The standard InChI is InChI=1S/C13H12Cl2F2N4O/c1-21-5-4-11(20-21)19-12(22)18-7-13(16,17)8-2-3-9(14)10(15)6-8/h2-6H,7H2,1H3,(H2,18,19,20,22). The van der Waals surface area contributed by atoms with Gasteiger partial charge in [-0.25, -0.2) is 4.79 Å². The lowest BCUT2D eigenvalue weighted by atomic mass is 10.1. The van der Waals surface area contributed by atoms with Crippen molar-refractivity contribution in [3.63, 3.8) is 0 Å². The van der Waals surface area contributed by atoms with Crippen LogP contribution < -0.4 is 10.6 Å². The third-order valence-electron chi connectivity index (χ3n) is 2.77. The van der Waals surface area contributed by atoms with Gasteiger partial charge < -0.3 is 5.32 Å². The lowest BCUT2D eigenvalue weighted by Crippen LogP contribution is -2.37. The van der Waals surface area contributed by atoms with Crippen molar-refractivity contribution in [1.82, 2.24) is 15.1 Å². The predicted octanol–water partition coefficient (Wildman–Crippen LogP) is 3.64. The fourth-order valence-electron chi connectivity index (χ4n) is 1.66. The van der Waals surface area contributed by atoms with E-state index in [2.05, 4.69) is 15.7 Å². The van der Waals surface area contributed by atoms with Crippen molar-refractivity contribution in [2.24, 2.45) is 7.05 Å². The number of aromatic nitrogens is 2. The highest BCUT2D eigenvalue weighted by Crippen LogP contribution is 2.32. The van der Waals surface area contributed by atoms with Crippen molar-refractivity contribution in [3.05, 3.63) is 46.1 Å². The Morgan fingerprint density at radius 1 is 1.32 bits per heavy atom.